The summed E-state index contributed by atoms with van der Waals surface area (Å²) in [5.41, 5.74) is 2.29. The van der Waals surface area contributed by atoms with Gasteiger partial charge in [0.1, 0.15) is 0 Å². The Hall–Kier alpha value is -0.900. The molecule has 0 N–H and O–H groups in total. The number of halogens is 1. The van der Waals surface area contributed by atoms with E-state index in [9.17, 15) is 0 Å². The lowest BCUT2D eigenvalue weighted by molar-refractivity contribution is 0.821. The summed E-state index contributed by atoms with van der Waals surface area (Å²) in [4.78, 5) is 8.73. The van der Waals surface area contributed by atoms with Gasteiger partial charge in [-0.25, -0.2) is 9.97 Å². The predicted molar refractivity (Wildman–Crippen MR) is 59.5 cm³/mol. The number of nitrogens with zero attached hydrogens (tertiary/aromatic N) is 3. The third-order valence-electron chi connectivity index (χ3n) is 2.27. The molecule has 4 heteroatoms. The maximum absolute atomic E-state index is 4.48. The van der Waals surface area contributed by atoms with E-state index in [1.165, 1.54) is 5.69 Å². The van der Waals surface area contributed by atoms with Gasteiger partial charge in [-0.2, -0.15) is 0 Å². The average Bonchev–Trinajstić information content (AvgIpc) is 2.44. The molecule has 0 aliphatic rings. The molecule has 2 aromatic heterocycles. The van der Waals surface area contributed by atoms with Crippen molar-refractivity contribution in [2.45, 2.75) is 26.7 Å². The Kier molecular flexibility index (Phi) is 2.31. The minimum atomic E-state index is 0.440. The first kappa shape index (κ1) is 9.65. The maximum Gasteiger partial charge on any atom is 0.234 e. The van der Waals surface area contributed by atoms with Crippen molar-refractivity contribution in [3.05, 3.63) is 28.3 Å². The van der Waals surface area contributed by atoms with Crippen molar-refractivity contribution in [2.24, 2.45) is 0 Å². The van der Waals surface area contributed by atoms with E-state index in [2.05, 4.69) is 46.7 Å². The third-order valence-corrected chi connectivity index (χ3v) is 2.68. The number of imidazole rings is 1. The number of fused-ring (bicyclic) bond motifs is 1. The van der Waals surface area contributed by atoms with Crippen LogP contribution < -0.4 is 0 Å². The molecule has 0 radical (unpaired) electrons. The average molecular weight is 254 g/mol. The van der Waals surface area contributed by atoms with Crippen LogP contribution in [0.4, 0.5) is 0 Å². The molecule has 74 valence electrons. The molecule has 0 fully saturated rings. The number of hydrogen-bond acceptors (Lipinski definition) is 2. The summed E-state index contributed by atoms with van der Waals surface area (Å²) in [5, 5.41) is 0. The van der Waals surface area contributed by atoms with Crippen LogP contribution in [0.2, 0.25) is 0 Å². The standard InChI is InChI=1S/C10H12BrN3/c1-6(2)9-7(3)14-5-8(11)4-12-10(14)13-9/h4-6H,1-3H3. The summed E-state index contributed by atoms with van der Waals surface area (Å²) in [6, 6.07) is 0. The van der Waals surface area contributed by atoms with Crippen molar-refractivity contribution in [1.82, 2.24) is 14.4 Å². The van der Waals surface area contributed by atoms with E-state index < -0.39 is 0 Å². The summed E-state index contributed by atoms with van der Waals surface area (Å²) >= 11 is 3.40. The van der Waals surface area contributed by atoms with E-state index in [1.807, 2.05) is 10.6 Å². The monoisotopic (exact) mass is 253 g/mol. The molecule has 14 heavy (non-hydrogen) atoms. The van der Waals surface area contributed by atoms with Gasteiger partial charge >= 0.3 is 0 Å². The fraction of sp³-hybridized carbons (Fsp3) is 0.400. The summed E-state index contributed by atoms with van der Waals surface area (Å²) in [7, 11) is 0. The van der Waals surface area contributed by atoms with Crippen LogP contribution >= 0.6 is 15.9 Å². The SMILES string of the molecule is Cc1c(C(C)C)nc2ncc(Br)cn12. The van der Waals surface area contributed by atoms with Crippen LogP contribution in [0.1, 0.15) is 31.2 Å². The Labute approximate surface area is 91.3 Å². The van der Waals surface area contributed by atoms with Gasteiger partial charge in [-0.1, -0.05) is 13.8 Å². The van der Waals surface area contributed by atoms with Gasteiger partial charge in [0, 0.05) is 18.1 Å². The molecule has 0 aromatic carbocycles. The van der Waals surface area contributed by atoms with Crippen LogP contribution in [0.15, 0.2) is 16.9 Å². The largest absolute Gasteiger partial charge is 0.287 e. The van der Waals surface area contributed by atoms with E-state index in [4.69, 9.17) is 0 Å². The highest BCUT2D eigenvalue weighted by Gasteiger charge is 2.11. The van der Waals surface area contributed by atoms with Crippen molar-refractivity contribution in [3.8, 4) is 0 Å². The van der Waals surface area contributed by atoms with E-state index in [1.54, 1.807) is 6.20 Å². The summed E-state index contributed by atoms with van der Waals surface area (Å²) in [6.07, 6.45) is 3.77. The van der Waals surface area contributed by atoms with E-state index in [-0.39, 0.29) is 0 Å². The zero-order valence-corrected chi connectivity index (χ0v) is 10.0. The van der Waals surface area contributed by atoms with Crippen molar-refractivity contribution in [3.63, 3.8) is 0 Å². The van der Waals surface area contributed by atoms with E-state index >= 15 is 0 Å². The van der Waals surface area contributed by atoms with Gasteiger partial charge in [0.2, 0.25) is 5.78 Å². The van der Waals surface area contributed by atoms with Crippen LogP contribution in [0.3, 0.4) is 0 Å². The van der Waals surface area contributed by atoms with Gasteiger partial charge < -0.3 is 0 Å². The molecule has 0 spiro atoms. The van der Waals surface area contributed by atoms with Crippen LogP contribution in [0, 0.1) is 6.92 Å². The van der Waals surface area contributed by atoms with Crippen molar-refractivity contribution in [2.75, 3.05) is 0 Å². The topological polar surface area (TPSA) is 30.2 Å². The molecule has 0 bridgehead atoms. The van der Waals surface area contributed by atoms with Gasteiger partial charge in [-0.15, -0.1) is 0 Å². The molecular weight excluding hydrogens is 242 g/mol. The van der Waals surface area contributed by atoms with Crippen LogP contribution in [-0.4, -0.2) is 14.4 Å². The first-order valence-corrected chi connectivity index (χ1v) is 5.39. The second-order valence-corrected chi connectivity index (χ2v) is 4.60. The highest BCUT2D eigenvalue weighted by molar-refractivity contribution is 9.10. The van der Waals surface area contributed by atoms with Gasteiger partial charge in [0.25, 0.3) is 0 Å². The lowest BCUT2D eigenvalue weighted by atomic mass is 10.1. The Balaban J connectivity index is 2.74. The summed E-state index contributed by atoms with van der Waals surface area (Å²) in [5.74, 6) is 1.21. The van der Waals surface area contributed by atoms with Gasteiger partial charge in [-0.3, -0.25) is 4.40 Å². The molecule has 0 amide bonds. The van der Waals surface area contributed by atoms with Crippen molar-refractivity contribution >= 4 is 21.7 Å². The lowest BCUT2D eigenvalue weighted by Gasteiger charge is -2.00. The van der Waals surface area contributed by atoms with Gasteiger partial charge in [-0.05, 0) is 28.8 Å². The minimum Gasteiger partial charge on any atom is -0.287 e. The molecule has 2 aromatic rings. The van der Waals surface area contributed by atoms with Gasteiger partial charge in [0.15, 0.2) is 0 Å². The summed E-state index contributed by atoms with van der Waals surface area (Å²) < 4.78 is 2.99. The number of hydrogen-bond donors (Lipinski definition) is 0. The number of aryl methyl sites for hydroxylation is 1. The van der Waals surface area contributed by atoms with Crippen LogP contribution in [0.5, 0.6) is 0 Å². The Bertz CT molecular complexity index is 473. The van der Waals surface area contributed by atoms with E-state index in [0.29, 0.717) is 5.92 Å². The minimum absolute atomic E-state index is 0.440. The zero-order valence-electron chi connectivity index (χ0n) is 8.45. The highest BCUT2D eigenvalue weighted by Crippen LogP contribution is 2.20. The van der Waals surface area contributed by atoms with Gasteiger partial charge in [0.05, 0.1) is 10.2 Å². The first-order valence-electron chi connectivity index (χ1n) is 4.59. The molecule has 0 unspecified atom stereocenters. The summed E-state index contributed by atoms with van der Waals surface area (Å²) in [6.45, 7) is 6.36. The molecule has 3 nitrogen and oxygen atoms in total. The maximum atomic E-state index is 4.48. The fourth-order valence-electron chi connectivity index (χ4n) is 1.58. The van der Waals surface area contributed by atoms with Crippen molar-refractivity contribution < 1.29 is 0 Å². The molecule has 0 aliphatic carbocycles. The lowest BCUT2D eigenvalue weighted by Crippen LogP contribution is -1.92. The number of rotatable bonds is 1. The first-order chi connectivity index (χ1) is 6.59. The smallest absolute Gasteiger partial charge is 0.234 e. The molecule has 0 saturated carbocycles. The fourth-order valence-corrected chi connectivity index (χ4v) is 1.89. The molecular formula is C10H12BrN3. The zero-order chi connectivity index (χ0) is 10.3. The van der Waals surface area contributed by atoms with E-state index in [0.717, 1.165) is 15.9 Å². The Morgan fingerprint density at radius 1 is 1.43 bits per heavy atom. The molecule has 0 aliphatic heterocycles. The van der Waals surface area contributed by atoms with Crippen LogP contribution in [0.25, 0.3) is 5.78 Å². The number of aromatic nitrogens is 3. The molecule has 0 saturated heterocycles. The molecule has 0 atom stereocenters. The highest BCUT2D eigenvalue weighted by atomic mass is 79.9. The Morgan fingerprint density at radius 3 is 2.79 bits per heavy atom. The molecule has 2 heterocycles. The second kappa shape index (κ2) is 3.35. The third kappa shape index (κ3) is 1.43. The quantitative estimate of drug-likeness (QED) is 0.783. The molecule has 2 rings (SSSR count). The second-order valence-electron chi connectivity index (χ2n) is 3.68. The normalized spacial score (nSPS) is 11.5. The van der Waals surface area contributed by atoms with Crippen molar-refractivity contribution in [1.29, 1.82) is 0 Å². The Morgan fingerprint density at radius 2 is 2.14 bits per heavy atom. The van der Waals surface area contributed by atoms with Crippen LogP contribution in [-0.2, 0) is 0 Å². The predicted octanol–water partition coefficient (Wildman–Crippen LogP) is 2.92.